The second-order valence-electron chi connectivity index (χ2n) is 4.20. The lowest BCUT2D eigenvalue weighted by Gasteiger charge is -2.08. The van der Waals surface area contributed by atoms with Gasteiger partial charge in [0.05, 0.1) is 5.69 Å². The molecule has 0 saturated heterocycles. The number of hydrogen-bond donors (Lipinski definition) is 2. The molecule has 0 fully saturated rings. The number of hydrogen-bond acceptors (Lipinski definition) is 3. The Morgan fingerprint density at radius 1 is 1.56 bits per heavy atom. The van der Waals surface area contributed by atoms with Crippen LogP contribution < -0.4 is 10.6 Å². The number of nitrogens with zero attached hydrogens (tertiary/aromatic N) is 2. The van der Waals surface area contributed by atoms with Gasteiger partial charge in [0, 0.05) is 32.1 Å². The van der Waals surface area contributed by atoms with E-state index in [1.165, 1.54) is 0 Å². The van der Waals surface area contributed by atoms with Crippen LogP contribution >= 0.6 is 0 Å². The first kappa shape index (κ1) is 12.7. The van der Waals surface area contributed by atoms with Crippen molar-refractivity contribution in [2.45, 2.75) is 33.2 Å². The zero-order chi connectivity index (χ0) is 12.1. The van der Waals surface area contributed by atoms with E-state index in [0.29, 0.717) is 19.0 Å². The first-order valence-electron chi connectivity index (χ1n) is 5.53. The van der Waals surface area contributed by atoms with Gasteiger partial charge in [-0.25, -0.2) is 0 Å². The normalized spacial score (nSPS) is 10.8. The SMILES string of the molecule is Cc1cc(NC(=O)CCNC(C)C)n(C)n1. The molecular formula is C11H20N4O. The summed E-state index contributed by atoms with van der Waals surface area (Å²) >= 11 is 0. The first-order valence-corrected chi connectivity index (χ1v) is 5.53. The first-order chi connectivity index (χ1) is 7.49. The lowest BCUT2D eigenvalue weighted by Crippen LogP contribution is -2.27. The molecule has 90 valence electrons. The van der Waals surface area contributed by atoms with Gasteiger partial charge in [-0.05, 0) is 6.92 Å². The van der Waals surface area contributed by atoms with Crippen molar-refractivity contribution in [1.29, 1.82) is 0 Å². The fourth-order valence-electron chi connectivity index (χ4n) is 1.41. The summed E-state index contributed by atoms with van der Waals surface area (Å²) in [4.78, 5) is 11.6. The number of rotatable bonds is 5. The third-order valence-corrected chi connectivity index (χ3v) is 2.17. The van der Waals surface area contributed by atoms with Crippen molar-refractivity contribution in [3.05, 3.63) is 11.8 Å². The summed E-state index contributed by atoms with van der Waals surface area (Å²) in [5, 5.41) is 10.2. The summed E-state index contributed by atoms with van der Waals surface area (Å²) in [6, 6.07) is 2.26. The molecule has 1 aromatic rings. The molecule has 1 rings (SSSR count). The third-order valence-electron chi connectivity index (χ3n) is 2.17. The van der Waals surface area contributed by atoms with E-state index in [2.05, 4.69) is 29.6 Å². The second-order valence-corrected chi connectivity index (χ2v) is 4.20. The highest BCUT2D eigenvalue weighted by Crippen LogP contribution is 2.07. The molecule has 0 aliphatic heterocycles. The summed E-state index contributed by atoms with van der Waals surface area (Å²) in [6.07, 6.45) is 0.475. The Morgan fingerprint density at radius 2 is 2.25 bits per heavy atom. The van der Waals surface area contributed by atoms with Gasteiger partial charge in [0.2, 0.25) is 5.91 Å². The Hall–Kier alpha value is -1.36. The molecule has 2 N–H and O–H groups in total. The quantitative estimate of drug-likeness (QED) is 0.786. The van der Waals surface area contributed by atoms with Crippen LogP contribution in [0.2, 0.25) is 0 Å². The van der Waals surface area contributed by atoms with Gasteiger partial charge in [-0.1, -0.05) is 13.8 Å². The minimum absolute atomic E-state index is 0.0103. The standard InChI is InChI=1S/C11H20N4O/c1-8(2)12-6-5-11(16)13-10-7-9(3)14-15(10)4/h7-8,12H,5-6H2,1-4H3,(H,13,16). The number of anilines is 1. The molecule has 5 nitrogen and oxygen atoms in total. The highest BCUT2D eigenvalue weighted by Gasteiger charge is 2.06. The highest BCUT2D eigenvalue weighted by molar-refractivity contribution is 5.90. The molecule has 0 aliphatic rings. The molecule has 0 saturated carbocycles. The maximum Gasteiger partial charge on any atom is 0.226 e. The van der Waals surface area contributed by atoms with Crippen molar-refractivity contribution in [3.63, 3.8) is 0 Å². The van der Waals surface area contributed by atoms with Crippen LogP contribution in [0.15, 0.2) is 6.07 Å². The number of aryl methyl sites for hydroxylation is 2. The predicted molar refractivity (Wildman–Crippen MR) is 64.3 cm³/mol. The van der Waals surface area contributed by atoms with Gasteiger partial charge in [0.25, 0.3) is 0 Å². The Kier molecular flexibility index (Phi) is 4.49. The van der Waals surface area contributed by atoms with Crippen molar-refractivity contribution in [2.24, 2.45) is 7.05 Å². The monoisotopic (exact) mass is 224 g/mol. The summed E-state index contributed by atoms with van der Waals surface area (Å²) in [6.45, 7) is 6.71. The Labute approximate surface area is 96.2 Å². The Morgan fingerprint density at radius 3 is 2.75 bits per heavy atom. The van der Waals surface area contributed by atoms with E-state index in [9.17, 15) is 4.79 Å². The molecule has 0 aromatic carbocycles. The Bertz CT molecular complexity index is 357. The summed E-state index contributed by atoms with van der Waals surface area (Å²) in [5.74, 6) is 0.753. The molecule has 5 heteroatoms. The van der Waals surface area contributed by atoms with Gasteiger partial charge >= 0.3 is 0 Å². The summed E-state index contributed by atoms with van der Waals surface area (Å²) in [7, 11) is 1.81. The summed E-state index contributed by atoms with van der Waals surface area (Å²) in [5.41, 5.74) is 0.901. The smallest absolute Gasteiger partial charge is 0.226 e. The zero-order valence-electron chi connectivity index (χ0n) is 10.4. The van der Waals surface area contributed by atoms with Crippen LogP contribution in [0.3, 0.4) is 0 Å². The molecule has 0 unspecified atom stereocenters. The maximum atomic E-state index is 11.6. The second kappa shape index (κ2) is 5.65. The van der Waals surface area contributed by atoms with Crippen LogP contribution in [0.4, 0.5) is 5.82 Å². The fraction of sp³-hybridized carbons (Fsp3) is 0.636. The number of nitrogens with one attached hydrogen (secondary N) is 2. The minimum Gasteiger partial charge on any atom is -0.314 e. The van der Waals surface area contributed by atoms with E-state index >= 15 is 0 Å². The number of aromatic nitrogens is 2. The third kappa shape index (κ3) is 4.02. The van der Waals surface area contributed by atoms with Gasteiger partial charge in [-0.15, -0.1) is 0 Å². The largest absolute Gasteiger partial charge is 0.314 e. The number of carbonyl (C=O) groups is 1. The summed E-state index contributed by atoms with van der Waals surface area (Å²) < 4.78 is 1.67. The van der Waals surface area contributed by atoms with Crippen molar-refractivity contribution in [3.8, 4) is 0 Å². The topological polar surface area (TPSA) is 59.0 Å². The average molecular weight is 224 g/mol. The van der Waals surface area contributed by atoms with Gasteiger partial charge in [-0.2, -0.15) is 5.10 Å². The molecule has 1 heterocycles. The van der Waals surface area contributed by atoms with Gasteiger partial charge in [0.1, 0.15) is 5.82 Å². The lowest BCUT2D eigenvalue weighted by molar-refractivity contribution is -0.116. The molecule has 0 bridgehead atoms. The number of carbonyl (C=O) groups excluding carboxylic acids is 1. The minimum atomic E-state index is 0.0103. The molecular weight excluding hydrogens is 204 g/mol. The van der Waals surface area contributed by atoms with E-state index in [1.54, 1.807) is 4.68 Å². The molecule has 0 radical (unpaired) electrons. The zero-order valence-corrected chi connectivity index (χ0v) is 10.4. The van der Waals surface area contributed by atoms with Crippen molar-refractivity contribution < 1.29 is 4.79 Å². The van der Waals surface area contributed by atoms with Crippen LogP contribution in [0.25, 0.3) is 0 Å². The lowest BCUT2D eigenvalue weighted by atomic mass is 10.3. The van der Waals surface area contributed by atoms with Crippen LogP contribution in [-0.2, 0) is 11.8 Å². The van der Waals surface area contributed by atoms with Crippen LogP contribution in [0.5, 0.6) is 0 Å². The molecule has 0 spiro atoms. The van der Waals surface area contributed by atoms with Crippen LogP contribution in [-0.4, -0.2) is 28.3 Å². The van der Waals surface area contributed by atoms with E-state index in [4.69, 9.17) is 0 Å². The molecule has 1 aromatic heterocycles. The molecule has 1 amide bonds. The van der Waals surface area contributed by atoms with Crippen molar-refractivity contribution >= 4 is 11.7 Å². The van der Waals surface area contributed by atoms with E-state index in [0.717, 1.165) is 11.5 Å². The van der Waals surface area contributed by atoms with Crippen LogP contribution in [0, 0.1) is 6.92 Å². The van der Waals surface area contributed by atoms with Crippen molar-refractivity contribution in [1.82, 2.24) is 15.1 Å². The Balaban J connectivity index is 2.37. The van der Waals surface area contributed by atoms with E-state index in [1.807, 2.05) is 20.0 Å². The molecule has 0 atom stereocenters. The van der Waals surface area contributed by atoms with Gasteiger partial charge in [0.15, 0.2) is 0 Å². The molecule has 16 heavy (non-hydrogen) atoms. The molecule has 0 aliphatic carbocycles. The van der Waals surface area contributed by atoms with E-state index in [-0.39, 0.29) is 5.91 Å². The maximum absolute atomic E-state index is 11.6. The average Bonchev–Trinajstić information content (AvgIpc) is 2.44. The predicted octanol–water partition coefficient (Wildman–Crippen LogP) is 1.06. The number of amides is 1. The highest BCUT2D eigenvalue weighted by atomic mass is 16.1. The van der Waals surface area contributed by atoms with Gasteiger partial charge < -0.3 is 10.6 Å². The van der Waals surface area contributed by atoms with Crippen molar-refractivity contribution in [2.75, 3.05) is 11.9 Å². The fourth-order valence-corrected chi connectivity index (χ4v) is 1.41. The van der Waals surface area contributed by atoms with Crippen LogP contribution in [0.1, 0.15) is 26.0 Å². The van der Waals surface area contributed by atoms with E-state index < -0.39 is 0 Å². The van der Waals surface area contributed by atoms with Gasteiger partial charge in [-0.3, -0.25) is 9.48 Å².